The van der Waals surface area contributed by atoms with Crippen molar-refractivity contribution in [3.63, 3.8) is 0 Å². The van der Waals surface area contributed by atoms with E-state index >= 15 is 0 Å². The molecule has 0 atom stereocenters. The van der Waals surface area contributed by atoms with Crippen LogP contribution in [0.2, 0.25) is 0 Å². The van der Waals surface area contributed by atoms with Crippen molar-refractivity contribution in [2.75, 3.05) is 19.8 Å². The first-order valence-corrected chi connectivity index (χ1v) is 13.2. The fraction of sp³-hybridized carbons (Fsp3) is 0.276. The van der Waals surface area contributed by atoms with Gasteiger partial charge in [0.25, 0.3) is 5.91 Å². The van der Waals surface area contributed by atoms with E-state index in [4.69, 9.17) is 18.9 Å². The second-order valence-corrected chi connectivity index (χ2v) is 9.12. The summed E-state index contributed by atoms with van der Waals surface area (Å²) in [6.07, 6.45) is 4.35. The Bertz CT molecular complexity index is 1210. The Hall–Kier alpha value is -3.85. The molecule has 0 radical (unpaired) electrons. The molecule has 0 saturated carbocycles. The van der Waals surface area contributed by atoms with Crippen molar-refractivity contribution in [3.8, 4) is 23.0 Å². The summed E-state index contributed by atoms with van der Waals surface area (Å²) in [6, 6.07) is 18.9. The Morgan fingerprint density at radius 1 is 0.842 bits per heavy atom. The topological polar surface area (TPSA) is 95.5 Å². The summed E-state index contributed by atoms with van der Waals surface area (Å²) < 4.78 is 23.0. The van der Waals surface area contributed by atoms with Gasteiger partial charge in [-0.05, 0) is 79.6 Å². The third-order valence-electron chi connectivity index (χ3n) is 5.09. The summed E-state index contributed by atoms with van der Waals surface area (Å²) in [4.78, 5) is 24.8. The highest BCUT2D eigenvalue weighted by molar-refractivity contribution is 9.10. The number of carbonyl (C=O) groups is 2. The molecule has 0 aliphatic heterocycles. The maximum absolute atomic E-state index is 12.7. The first kappa shape index (κ1) is 28.7. The van der Waals surface area contributed by atoms with Crippen molar-refractivity contribution in [2.24, 2.45) is 5.10 Å². The Balaban J connectivity index is 1.52. The number of halogens is 1. The molecule has 9 heteroatoms. The minimum absolute atomic E-state index is 0.217. The molecule has 8 nitrogen and oxygen atoms in total. The number of unbranched alkanes of at least 4 members (excludes halogenated alkanes) is 1. The van der Waals surface area contributed by atoms with Gasteiger partial charge >= 0.3 is 5.97 Å². The number of amides is 1. The number of hydrazone groups is 1. The van der Waals surface area contributed by atoms with Gasteiger partial charge in [-0.25, -0.2) is 10.2 Å². The van der Waals surface area contributed by atoms with E-state index in [9.17, 15) is 9.59 Å². The summed E-state index contributed by atoms with van der Waals surface area (Å²) in [5.41, 5.74) is 3.29. The van der Waals surface area contributed by atoms with E-state index in [0.29, 0.717) is 41.6 Å². The Morgan fingerprint density at radius 2 is 1.47 bits per heavy atom. The monoisotopic (exact) mass is 582 g/mol. The molecule has 0 saturated heterocycles. The summed E-state index contributed by atoms with van der Waals surface area (Å²) >= 11 is 3.40. The number of nitrogens with zero attached hydrogens (tertiary/aromatic N) is 1. The molecule has 0 aliphatic carbocycles. The molecule has 0 bridgehead atoms. The minimum atomic E-state index is -0.525. The highest BCUT2D eigenvalue weighted by atomic mass is 79.9. The first-order valence-electron chi connectivity index (χ1n) is 12.4. The number of esters is 1. The quantitative estimate of drug-likeness (QED) is 0.0803. The average Bonchev–Trinajstić information content (AvgIpc) is 2.93. The molecule has 0 unspecified atom stereocenters. The van der Waals surface area contributed by atoms with Crippen LogP contribution in [-0.2, 0) is 4.79 Å². The lowest BCUT2D eigenvalue weighted by molar-refractivity contribution is -0.123. The zero-order chi connectivity index (χ0) is 27.2. The van der Waals surface area contributed by atoms with Crippen LogP contribution < -0.4 is 24.4 Å². The van der Waals surface area contributed by atoms with Crippen molar-refractivity contribution in [2.45, 2.75) is 33.1 Å². The Kier molecular flexibility index (Phi) is 11.6. The van der Waals surface area contributed by atoms with Crippen LogP contribution in [0.4, 0.5) is 0 Å². The van der Waals surface area contributed by atoms with E-state index in [0.717, 1.165) is 29.5 Å². The predicted molar refractivity (Wildman–Crippen MR) is 149 cm³/mol. The lowest BCUT2D eigenvalue weighted by Gasteiger charge is -2.09. The van der Waals surface area contributed by atoms with E-state index in [1.54, 1.807) is 66.7 Å². The number of carbonyl (C=O) groups excluding carboxylic acids is 2. The smallest absolute Gasteiger partial charge is 0.343 e. The summed E-state index contributed by atoms with van der Waals surface area (Å²) in [5, 5.41) is 3.98. The number of hydrogen-bond donors (Lipinski definition) is 1. The highest BCUT2D eigenvalue weighted by Gasteiger charge is 2.12. The van der Waals surface area contributed by atoms with E-state index < -0.39 is 11.9 Å². The molecule has 1 N–H and O–H groups in total. The van der Waals surface area contributed by atoms with Gasteiger partial charge in [-0.15, -0.1) is 0 Å². The molecule has 38 heavy (non-hydrogen) atoms. The third kappa shape index (κ3) is 9.55. The van der Waals surface area contributed by atoms with E-state index in [1.807, 2.05) is 6.92 Å². The van der Waals surface area contributed by atoms with Crippen LogP contribution >= 0.6 is 15.9 Å². The molecule has 0 spiro atoms. The first-order chi connectivity index (χ1) is 18.5. The zero-order valence-corrected chi connectivity index (χ0v) is 23.0. The molecule has 0 fully saturated rings. The average molecular weight is 583 g/mol. The lowest BCUT2D eigenvalue weighted by atomic mass is 10.2. The molecule has 1 amide bonds. The molecule has 3 rings (SSSR count). The standard InChI is InChI=1S/C29H31BrN2O6/c1-3-5-17-36-25-11-13-26(14-12-25)37-20-28(33)32-31-19-22-18-23(30)8-15-27(22)38-29(34)21-6-9-24(10-7-21)35-16-4-2/h6-15,18-19H,3-5,16-17,20H2,1-2H3,(H,32,33). The van der Waals surface area contributed by atoms with Crippen LogP contribution in [0.3, 0.4) is 0 Å². The van der Waals surface area contributed by atoms with Crippen molar-refractivity contribution >= 4 is 34.0 Å². The number of ether oxygens (including phenoxy) is 4. The summed E-state index contributed by atoms with van der Waals surface area (Å²) in [7, 11) is 0. The maximum atomic E-state index is 12.7. The SMILES string of the molecule is CCCCOc1ccc(OCC(=O)NN=Cc2cc(Br)ccc2OC(=O)c2ccc(OCCC)cc2)cc1. The largest absolute Gasteiger partial charge is 0.494 e. The summed E-state index contributed by atoms with van der Waals surface area (Å²) in [6.45, 7) is 5.18. The molecule has 3 aromatic rings. The van der Waals surface area contributed by atoms with Crippen molar-refractivity contribution < 1.29 is 28.5 Å². The van der Waals surface area contributed by atoms with Gasteiger partial charge in [-0.1, -0.05) is 36.2 Å². The molecule has 3 aromatic carbocycles. The van der Waals surface area contributed by atoms with Gasteiger partial charge in [-0.2, -0.15) is 5.10 Å². The Morgan fingerprint density at radius 3 is 2.13 bits per heavy atom. The molecule has 0 heterocycles. The van der Waals surface area contributed by atoms with E-state index in [-0.39, 0.29) is 6.61 Å². The van der Waals surface area contributed by atoms with Crippen molar-refractivity contribution in [1.29, 1.82) is 0 Å². The van der Waals surface area contributed by atoms with Gasteiger partial charge in [0, 0.05) is 10.0 Å². The Labute approximate surface area is 231 Å². The lowest BCUT2D eigenvalue weighted by Crippen LogP contribution is -2.24. The van der Waals surface area contributed by atoms with Crippen LogP contribution in [0.25, 0.3) is 0 Å². The number of hydrogen-bond acceptors (Lipinski definition) is 7. The highest BCUT2D eigenvalue weighted by Crippen LogP contribution is 2.23. The molecule has 0 aromatic heterocycles. The second kappa shape index (κ2) is 15.4. The van der Waals surface area contributed by atoms with Gasteiger partial charge in [0.1, 0.15) is 23.0 Å². The number of rotatable bonds is 14. The van der Waals surface area contributed by atoms with Crippen LogP contribution in [0.1, 0.15) is 49.0 Å². The fourth-order valence-corrected chi connectivity index (χ4v) is 3.48. The van der Waals surface area contributed by atoms with E-state index in [1.165, 1.54) is 6.21 Å². The predicted octanol–water partition coefficient (Wildman–Crippen LogP) is 6.17. The normalized spacial score (nSPS) is 10.7. The van der Waals surface area contributed by atoms with Gasteiger partial charge in [-0.3, -0.25) is 4.79 Å². The zero-order valence-electron chi connectivity index (χ0n) is 21.4. The third-order valence-corrected chi connectivity index (χ3v) is 5.58. The van der Waals surface area contributed by atoms with Gasteiger partial charge in [0.15, 0.2) is 6.61 Å². The number of nitrogens with one attached hydrogen (secondary N) is 1. The van der Waals surface area contributed by atoms with Crippen molar-refractivity contribution in [1.82, 2.24) is 5.43 Å². The van der Waals surface area contributed by atoms with E-state index in [2.05, 4.69) is 33.4 Å². The van der Waals surface area contributed by atoms with Gasteiger partial charge in [0.05, 0.1) is 25.0 Å². The van der Waals surface area contributed by atoms with Crippen LogP contribution in [0.5, 0.6) is 23.0 Å². The molecule has 200 valence electrons. The minimum Gasteiger partial charge on any atom is -0.494 e. The van der Waals surface area contributed by atoms with Crippen LogP contribution in [0, 0.1) is 0 Å². The van der Waals surface area contributed by atoms with Gasteiger partial charge < -0.3 is 18.9 Å². The number of benzene rings is 3. The molecular formula is C29H31BrN2O6. The van der Waals surface area contributed by atoms with Crippen LogP contribution in [-0.4, -0.2) is 37.9 Å². The van der Waals surface area contributed by atoms with Crippen LogP contribution in [0.15, 0.2) is 76.3 Å². The molecule has 0 aliphatic rings. The summed E-state index contributed by atoms with van der Waals surface area (Å²) in [5.74, 6) is 1.31. The maximum Gasteiger partial charge on any atom is 0.343 e. The van der Waals surface area contributed by atoms with Gasteiger partial charge in [0.2, 0.25) is 0 Å². The fourth-order valence-electron chi connectivity index (χ4n) is 3.10. The second-order valence-electron chi connectivity index (χ2n) is 8.20. The molecular weight excluding hydrogens is 552 g/mol. The van der Waals surface area contributed by atoms with Crippen molar-refractivity contribution in [3.05, 3.63) is 82.3 Å².